The van der Waals surface area contributed by atoms with Crippen LogP contribution in [0.4, 0.5) is 0 Å². The van der Waals surface area contributed by atoms with Gasteiger partial charge < -0.3 is 0 Å². The van der Waals surface area contributed by atoms with Crippen LogP contribution in [0.1, 0.15) is 37.6 Å². The van der Waals surface area contributed by atoms with Gasteiger partial charge in [0.25, 0.3) is 0 Å². The summed E-state index contributed by atoms with van der Waals surface area (Å²) < 4.78 is 1.01. The van der Waals surface area contributed by atoms with Gasteiger partial charge >= 0.3 is 0 Å². The molecule has 1 rings (SSSR count). The molecule has 0 N–H and O–H groups in total. The van der Waals surface area contributed by atoms with Crippen molar-refractivity contribution in [2.24, 2.45) is 5.92 Å². The number of hydrogen-bond acceptors (Lipinski definition) is 2. The maximum atomic E-state index is 12.1. The van der Waals surface area contributed by atoms with Crippen molar-refractivity contribution >= 4 is 21.7 Å². The number of rotatable bonds is 7. The van der Waals surface area contributed by atoms with E-state index < -0.39 is 0 Å². The fourth-order valence-electron chi connectivity index (χ4n) is 1.81. The van der Waals surface area contributed by atoms with E-state index in [4.69, 9.17) is 0 Å². The highest BCUT2D eigenvalue weighted by Crippen LogP contribution is 2.12. The quantitative estimate of drug-likeness (QED) is 0.709. The summed E-state index contributed by atoms with van der Waals surface area (Å²) >= 11 is 3.38. The Bertz CT molecular complexity index is 375. The number of carbonyl (C=O) groups excluding carboxylic acids is 1. The fraction of sp³-hybridized carbons (Fsp3) is 0.533. The van der Waals surface area contributed by atoms with Crippen LogP contribution in [0.25, 0.3) is 0 Å². The third kappa shape index (κ3) is 4.91. The van der Waals surface area contributed by atoms with Gasteiger partial charge in [0, 0.05) is 16.6 Å². The molecular weight excluding hydrogens is 290 g/mol. The van der Waals surface area contributed by atoms with Crippen LogP contribution < -0.4 is 0 Å². The van der Waals surface area contributed by atoms with Gasteiger partial charge in [-0.05, 0) is 24.6 Å². The first kappa shape index (κ1) is 15.4. The lowest BCUT2D eigenvalue weighted by molar-refractivity contribution is 0.0924. The first-order valence-corrected chi connectivity index (χ1v) is 7.37. The SMILES string of the molecule is CCC(C)CN(CC)CC(=O)c1ccc(Br)cc1. The molecule has 1 unspecified atom stereocenters. The lowest BCUT2D eigenvalue weighted by atomic mass is 10.1. The van der Waals surface area contributed by atoms with Crippen molar-refractivity contribution in [3.8, 4) is 0 Å². The Morgan fingerprint density at radius 1 is 1.28 bits per heavy atom. The molecule has 0 saturated carbocycles. The van der Waals surface area contributed by atoms with Gasteiger partial charge in [-0.1, -0.05) is 55.3 Å². The molecule has 1 aromatic carbocycles. The Morgan fingerprint density at radius 3 is 2.39 bits per heavy atom. The second-order valence-corrected chi connectivity index (χ2v) is 5.69. The van der Waals surface area contributed by atoms with E-state index >= 15 is 0 Å². The van der Waals surface area contributed by atoms with Crippen LogP contribution in [-0.2, 0) is 0 Å². The number of carbonyl (C=O) groups is 1. The molecule has 0 saturated heterocycles. The number of likely N-dealkylation sites (N-methyl/N-ethyl adjacent to an activating group) is 1. The molecule has 0 spiro atoms. The van der Waals surface area contributed by atoms with Crippen LogP contribution in [0, 0.1) is 5.92 Å². The first-order chi connectivity index (χ1) is 8.56. The second kappa shape index (κ2) is 7.70. The van der Waals surface area contributed by atoms with Crippen LogP contribution in [-0.4, -0.2) is 30.3 Å². The summed E-state index contributed by atoms with van der Waals surface area (Å²) in [5.41, 5.74) is 0.792. The molecule has 0 radical (unpaired) electrons. The number of benzene rings is 1. The van der Waals surface area contributed by atoms with E-state index in [1.165, 1.54) is 0 Å². The summed E-state index contributed by atoms with van der Waals surface area (Å²) in [5, 5.41) is 0. The van der Waals surface area contributed by atoms with E-state index in [2.05, 4.69) is 41.6 Å². The molecule has 1 atom stereocenters. The minimum atomic E-state index is 0.202. The van der Waals surface area contributed by atoms with Crippen LogP contribution >= 0.6 is 15.9 Å². The number of halogens is 1. The molecule has 3 heteroatoms. The van der Waals surface area contributed by atoms with Crippen molar-refractivity contribution in [2.45, 2.75) is 27.2 Å². The third-order valence-corrected chi connectivity index (χ3v) is 3.78. The average molecular weight is 312 g/mol. The summed E-state index contributed by atoms with van der Waals surface area (Å²) in [5.74, 6) is 0.843. The van der Waals surface area contributed by atoms with Crippen LogP contribution in [0.15, 0.2) is 28.7 Å². The predicted molar refractivity (Wildman–Crippen MR) is 80.0 cm³/mol. The number of nitrogens with zero attached hydrogens (tertiary/aromatic N) is 1. The summed E-state index contributed by atoms with van der Waals surface area (Å²) in [7, 11) is 0. The number of Topliss-reactive ketones (excluding diaryl/α,β-unsaturated/α-hetero) is 1. The van der Waals surface area contributed by atoms with E-state index in [1.54, 1.807) is 0 Å². The maximum Gasteiger partial charge on any atom is 0.176 e. The highest BCUT2D eigenvalue weighted by molar-refractivity contribution is 9.10. The molecule has 18 heavy (non-hydrogen) atoms. The fourth-order valence-corrected chi connectivity index (χ4v) is 2.07. The van der Waals surface area contributed by atoms with Crippen molar-refractivity contribution in [1.82, 2.24) is 4.90 Å². The predicted octanol–water partition coefficient (Wildman–Crippen LogP) is 4.00. The van der Waals surface area contributed by atoms with Crippen molar-refractivity contribution in [2.75, 3.05) is 19.6 Å². The molecule has 0 bridgehead atoms. The minimum Gasteiger partial charge on any atom is -0.296 e. The van der Waals surface area contributed by atoms with E-state index in [0.29, 0.717) is 12.5 Å². The zero-order valence-electron chi connectivity index (χ0n) is 11.4. The Morgan fingerprint density at radius 2 is 1.89 bits per heavy atom. The zero-order valence-corrected chi connectivity index (χ0v) is 13.0. The molecule has 0 heterocycles. The lowest BCUT2D eigenvalue weighted by Crippen LogP contribution is -2.33. The summed E-state index contributed by atoms with van der Waals surface area (Å²) in [6.07, 6.45) is 1.16. The van der Waals surface area contributed by atoms with Gasteiger partial charge in [0.2, 0.25) is 0 Å². The molecule has 0 aliphatic rings. The second-order valence-electron chi connectivity index (χ2n) is 4.77. The summed E-state index contributed by atoms with van der Waals surface area (Å²) in [4.78, 5) is 14.4. The Balaban J connectivity index is 2.59. The smallest absolute Gasteiger partial charge is 0.176 e. The topological polar surface area (TPSA) is 20.3 Å². The maximum absolute atomic E-state index is 12.1. The van der Waals surface area contributed by atoms with Crippen molar-refractivity contribution in [3.05, 3.63) is 34.3 Å². The van der Waals surface area contributed by atoms with Gasteiger partial charge in [0.15, 0.2) is 5.78 Å². The molecule has 0 aromatic heterocycles. The molecule has 0 aliphatic carbocycles. The first-order valence-electron chi connectivity index (χ1n) is 6.57. The average Bonchev–Trinajstić information content (AvgIpc) is 2.38. The highest BCUT2D eigenvalue weighted by Gasteiger charge is 2.13. The molecule has 2 nitrogen and oxygen atoms in total. The Kier molecular flexibility index (Phi) is 6.58. The summed E-state index contributed by atoms with van der Waals surface area (Å²) in [6, 6.07) is 7.59. The molecule has 0 fully saturated rings. The van der Waals surface area contributed by atoms with Gasteiger partial charge in [0.05, 0.1) is 6.54 Å². The van der Waals surface area contributed by atoms with Crippen LogP contribution in [0.3, 0.4) is 0 Å². The zero-order chi connectivity index (χ0) is 13.5. The van der Waals surface area contributed by atoms with Crippen LogP contribution in [0.2, 0.25) is 0 Å². The molecule has 0 aliphatic heterocycles. The molecule has 1 aromatic rings. The van der Waals surface area contributed by atoms with Gasteiger partial charge in [-0.3, -0.25) is 9.69 Å². The Hall–Kier alpha value is -0.670. The highest BCUT2D eigenvalue weighted by atomic mass is 79.9. The number of ketones is 1. The van der Waals surface area contributed by atoms with Gasteiger partial charge in [-0.2, -0.15) is 0 Å². The Labute approximate surface area is 119 Å². The van der Waals surface area contributed by atoms with Crippen LogP contribution in [0.5, 0.6) is 0 Å². The van der Waals surface area contributed by atoms with Crippen molar-refractivity contribution in [1.29, 1.82) is 0 Å². The summed E-state index contributed by atoms with van der Waals surface area (Å²) in [6.45, 7) is 8.96. The third-order valence-electron chi connectivity index (χ3n) is 3.25. The van der Waals surface area contributed by atoms with Crippen molar-refractivity contribution in [3.63, 3.8) is 0 Å². The van der Waals surface area contributed by atoms with E-state index in [-0.39, 0.29) is 5.78 Å². The molecular formula is C15H22BrNO. The van der Waals surface area contributed by atoms with Gasteiger partial charge in [0.1, 0.15) is 0 Å². The number of hydrogen-bond donors (Lipinski definition) is 0. The van der Waals surface area contributed by atoms with E-state index in [1.807, 2.05) is 24.3 Å². The van der Waals surface area contributed by atoms with Gasteiger partial charge in [-0.15, -0.1) is 0 Å². The largest absolute Gasteiger partial charge is 0.296 e. The normalized spacial score (nSPS) is 12.7. The van der Waals surface area contributed by atoms with Gasteiger partial charge in [-0.25, -0.2) is 0 Å². The lowest BCUT2D eigenvalue weighted by Gasteiger charge is -2.22. The molecule has 100 valence electrons. The monoisotopic (exact) mass is 311 g/mol. The van der Waals surface area contributed by atoms with E-state index in [0.717, 1.165) is 29.5 Å². The van der Waals surface area contributed by atoms with E-state index in [9.17, 15) is 4.79 Å². The standard InChI is InChI=1S/C15H22BrNO/c1-4-12(3)10-17(5-2)11-15(18)13-6-8-14(16)9-7-13/h6-9,12H,4-5,10-11H2,1-3H3. The molecule has 0 amide bonds. The van der Waals surface area contributed by atoms with Crippen molar-refractivity contribution < 1.29 is 4.79 Å². The minimum absolute atomic E-state index is 0.202.